The largest absolute Gasteiger partial charge is 0.254 e. The maximum Gasteiger partial charge on any atom is 0.0972 e. The van der Waals surface area contributed by atoms with Gasteiger partial charge in [0.25, 0.3) is 0 Å². The monoisotopic (exact) mass is 838 g/mol. The third-order valence-corrected chi connectivity index (χ3v) is 13.2. The first-order chi connectivity index (χ1) is 32.7. The summed E-state index contributed by atoms with van der Waals surface area (Å²) in [5, 5.41) is 9.22. The fourth-order valence-electron chi connectivity index (χ4n) is 9.89. The summed E-state index contributed by atoms with van der Waals surface area (Å²) in [7, 11) is 0. The molecule has 0 N–H and O–H groups in total. The van der Waals surface area contributed by atoms with Gasteiger partial charge in [-0.3, -0.25) is 15.0 Å². The van der Waals surface area contributed by atoms with Gasteiger partial charge in [-0.25, -0.2) is 4.98 Å². The molecule has 4 heteroatoms. The van der Waals surface area contributed by atoms with E-state index in [0.717, 1.165) is 82.7 Å². The zero-order valence-electron chi connectivity index (χ0n) is 35.7. The summed E-state index contributed by atoms with van der Waals surface area (Å²) in [6.07, 6.45) is 5.64. The molecule has 4 heterocycles. The van der Waals surface area contributed by atoms with Gasteiger partial charge in [0.2, 0.25) is 0 Å². The van der Waals surface area contributed by atoms with Crippen LogP contribution in [0.5, 0.6) is 0 Å². The van der Waals surface area contributed by atoms with Gasteiger partial charge in [0.05, 0.1) is 27.8 Å². The molecule has 4 aromatic heterocycles. The van der Waals surface area contributed by atoms with E-state index in [9.17, 15) is 0 Å². The van der Waals surface area contributed by atoms with Crippen LogP contribution in [0.1, 0.15) is 0 Å². The summed E-state index contributed by atoms with van der Waals surface area (Å²) < 4.78 is 0. The fraction of sp³-hybridized carbons (Fsp3) is 0. The number of aromatic nitrogens is 4. The van der Waals surface area contributed by atoms with Crippen LogP contribution in [0.25, 0.3) is 132 Å². The van der Waals surface area contributed by atoms with E-state index in [2.05, 4.69) is 210 Å². The van der Waals surface area contributed by atoms with Crippen molar-refractivity contribution in [3.63, 3.8) is 0 Å². The summed E-state index contributed by atoms with van der Waals surface area (Å²) in [6.45, 7) is 0. The van der Waals surface area contributed by atoms with Crippen molar-refractivity contribution < 1.29 is 0 Å². The van der Waals surface area contributed by atoms with Crippen LogP contribution in [0.2, 0.25) is 0 Å². The molecule has 0 aliphatic heterocycles. The highest BCUT2D eigenvalue weighted by Gasteiger charge is 2.19. The lowest BCUT2D eigenvalue weighted by atomic mass is 9.84. The minimum absolute atomic E-state index is 0.922. The SMILES string of the molecule is c1ccc(-c2c3ccc(-c4ccc(-c5ccc6ccc7cccnc7c6n5)cc4)cc3c(-c3ccccc3)c3ccc(-c4ccc(-c5cnc6c(ccc7cccnc76)c5)cc4)cc23)cc1. The Kier molecular flexibility index (Phi) is 8.81. The minimum atomic E-state index is 0.922. The predicted molar refractivity (Wildman–Crippen MR) is 275 cm³/mol. The Morgan fingerprint density at radius 2 is 0.682 bits per heavy atom. The van der Waals surface area contributed by atoms with Crippen LogP contribution in [0.15, 0.2) is 231 Å². The molecule has 0 radical (unpaired) electrons. The highest BCUT2D eigenvalue weighted by Crippen LogP contribution is 2.46. The van der Waals surface area contributed by atoms with Gasteiger partial charge in [-0.15, -0.1) is 0 Å². The maximum absolute atomic E-state index is 5.12. The van der Waals surface area contributed by atoms with Crippen LogP contribution >= 0.6 is 0 Å². The van der Waals surface area contributed by atoms with E-state index in [0.29, 0.717) is 0 Å². The molecule has 0 aliphatic rings. The zero-order chi connectivity index (χ0) is 43.6. The number of hydrogen-bond donors (Lipinski definition) is 0. The molecule has 66 heavy (non-hydrogen) atoms. The van der Waals surface area contributed by atoms with Crippen molar-refractivity contribution in [1.82, 2.24) is 19.9 Å². The number of fused-ring (bicyclic) bond motifs is 8. The summed E-state index contributed by atoms with van der Waals surface area (Å²) >= 11 is 0. The third-order valence-electron chi connectivity index (χ3n) is 13.2. The number of rotatable bonds is 6. The molecule has 0 amide bonds. The number of hydrogen-bond acceptors (Lipinski definition) is 4. The number of nitrogens with zero attached hydrogens (tertiary/aromatic N) is 4. The fourth-order valence-corrected chi connectivity index (χ4v) is 9.89. The molecule has 0 atom stereocenters. The molecule has 0 fully saturated rings. The smallest absolute Gasteiger partial charge is 0.0972 e. The Morgan fingerprint density at radius 1 is 0.242 bits per heavy atom. The molecule has 0 saturated carbocycles. The molecule has 13 rings (SSSR count). The second-order valence-electron chi connectivity index (χ2n) is 17.0. The second-order valence-corrected chi connectivity index (χ2v) is 17.0. The van der Waals surface area contributed by atoms with Crippen LogP contribution in [-0.4, -0.2) is 19.9 Å². The molecule has 9 aromatic carbocycles. The summed E-state index contributed by atoms with van der Waals surface area (Å²) in [6, 6.07) is 76.5. The van der Waals surface area contributed by atoms with E-state index >= 15 is 0 Å². The molecule has 0 spiro atoms. The molecular weight excluding hydrogens is 801 g/mol. The van der Waals surface area contributed by atoms with Gasteiger partial charge in [-0.1, -0.05) is 176 Å². The average molecular weight is 839 g/mol. The second kappa shape index (κ2) is 15.4. The Balaban J connectivity index is 0.921. The van der Waals surface area contributed by atoms with Gasteiger partial charge in [-0.2, -0.15) is 0 Å². The van der Waals surface area contributed by atoms with Crippen molar-refractivity contribution >= 4 is 65.2 Å². The Bertz CT molecular complexity index is 4010. The lowest BCUT2D eigenvalue weighted by Gasteiger charge is -2.20. The quantitative estimate of drug-likeness (QED) is 0.124. The van der Waals surface area contributed by atoms with Crippen LogP contribution in [0.4, 0.5) is 0 Å². The molecule has 4 nitrogen and oxygen atoms in total. The summed E-state index contributed by atoms with van der Waals surface area (Å²) in [4.78, 5) is 19.3. The van der Waals surface area contributed by atoms with Crippen molar-refractivity contribution in [3.8, 4) is 66.9 Å². The minimum Gasteiger partial charge on any atom is -0.254 e. The lowest BCUT2D eigenvalue weighted by Crippen LogP contribution is -1.93. The Labute approximate surface area is 381 Å². The summed E-state index contributed by atoms with van der Waals surface area (Å²) in [5.41, 5.74) is 17.4. The van der Waals surface area contributed by atoms with E-state index in [4.69, 9.17) is 9.97 Å². The Hall–Kier alpha value is -8.86. The van der Waals surface area contributed by atoms with Crippen LogP contribution < -0.4 is 0 Å². The molecule has 0 aliphatic carbocycles. The molecule has 0 unspecified atom stereocenters. The Morgan fingerprint density at radius 3 is 1.24 bits per heavy atom. The predicted octanol–water partition coefficient (Wildman–Crippen LogP) is 16.2. The lowest BCUT2D eigenvalue weighted by molar-refractivity contribution is 1.37. The average Bonchev–Trinajstić information content (AvgIpc) is 3.40. The first-order valence-corrected chi connectivity index (χ1v) is 22.3. The molecular formula is C62H38N4. The van der Waals surface area contributed by atoms with Gasteiger partial charge in [0.15, 0.2) is 0 Å². The highest BCUT2D eigenvalue weighted by atomic mass is 14.8. The van der Waals surface area contributed by atoms with Crippen molar-refractivity contribution in [3.05, 3.63) is 231 Å². The third kappa shape index (κ3) is 6.38. The van der Waals surface area contributed by atoms with Gasteiger partial charge < -0.3 is 0 Å². The highest BCUT2D eigenvalue weighted by molar-refractivity contribution is 6.22. The molecule has 0 bridgehead atoms. The van der Waals surface area contributed by atoms with Gasteiger partial charge in [-0.05, 0) is 108 Å². The van der Waals surface area contributed by atoms with E-state index < -0.39 is 0 Å². The molecule has 306 valence electrons. The first-order valence-electron chi connectivity index (χ1n) is 22.3. The van der Waals surface area contributed by atoms with Gasteiger partial charge in [0, 0.05) is 51.3 Å². The summed E-state index contributed by atoms with van der Waals surface area (Å²) in [5.74, 6) is 0. The van der Waals surface area contributed by atoms with Crippen LogP contribution in [-0.2, 0) is 0 Å². The van der Waals surface area contributed by atoms with Gasteiger partial charge in [0.1, 0.15) is 0 Å². The van der Waals surface area contributed by atoms with Crippen molar-refractivity contribution in [2.45, 2.75) is 0 Å². The van der Waals surface area contributed by atoms with Crippen molar-refractivity contribution in [2.24, 2.45) is 0 Å². The van der Waals surface area contributed by atoms with Crippen molar-refractivity contribution in [2.75, 3.05) is 0 Å². The standard InChI is InChI=1S/C62H38N4/c1-3-9-43(10-4-1)57-53-31-28-49(40-19-21-42(22-20-40)56-32-29-47-24-23-46-14-8-34-64-60(46)62(47)66-56)37-55(53)58(44-11-5-2-6-12-44)52-30-27-48(36-54(52)57)39-15-17-41(18-16-39)51-35-50-26-25-45-13-7-33-63-59(45)61(50)65-38-51/h1-38H. The van der Waals surface area contributed by atoms with E-state index in [-0.39, 0.29) is 0 Å². The van der Waals surface area contributed by atoms with E-state index in [1.807, 2.05) is 30.7 Å². The normalized spacial score (nSPS) is 11.6. The van der Waals surface area contributed by atoms with Crippen LogP contribution in [0, 0.1) is 0 Å². The van der Waals surface area contributed by atoms with E-state index in [1.165, 1.54) is 49.4 Å². The van der Waals surface area contributed by atoms with Gasteiger partial charge >= 0.3 is 0 Å². The number of pyridine rings is 4. The molecule has 0 saturated heterocycles. The topological polar surface area (TPSA) is 51.6 Å². The van der Waals surface area contributed by atoms with Crippen molar-refractivity contribution in [1.29, 1.82) is 0 Å². The van der Waals surface area contributed by atoms with Crippen LogP contribution in [0.3, 0.4) is 0 Å². The van der Waals surface area contributed by atoms with E-state index in [1.54, 1.807) is 0 Å². The molecule has 13 aromatic rings. The zero-order valence-corrected chi connectivity index (χ0v) is 35.7. The number of benzene rings is 9. The first kappa shape index (κ1) is 37.7. The maximum atomic E-state index is 5.12.